The Hall–Kier alpha value is -1.35. The van der Waals surface area contributed by atoms with E-state index in [4.69, 9.17) is 11.5 Å². The van der Waals surface area contributed by atoms with E-state index in [-0.39, 0.29) is 11.9 Å². The highest BCUT2D eigenvalue weighted by atomic mass is 16.1. The Balaban J connectivity index is 2.49. The molecule has 0 aromatic heterocycles. The van der Waals surface area contributed by atoms with Gasteiger partial charge in [0.1, 0.15) is 0 Å². The van der Waals surface area contributed by atoms with Crippen LogP contribution in [0.1, 0.15) is 24.4 Å². The zero-order valence-electron chi connectivity index (χ0n) is 7.44. The van der Waals surface area contributed by atoms with Crippen LogP contribution in [0.25, 0.3) is 0 Å². The SMILES string of the molecule is NC(=O)CCC(N)c1ccccc1. The van der Waals surface area contributed by atoms with Crippen molar-refractivity contribution in [1.29, 1.82) is 0 Å². The molecule has 0 bridgehead atoms. The predicted molar refractivity (Wildman–Crippen MR) is 51.8 cm³/mol. The summed E-state index contributed by atoms with van der Waals surface area (Å²) in [4.78, 5) is 10.5. The number of rotatable bonds is 4. The number of nitrogens with two attached hydrogens (primary N) is 2. The summed E-state index contributed by atoms with van der Waals surface area (Å²) in [6, 6.07) is 9.61. The normalized spacial score (nSPS) is 12.4. The largest absolute Gasteiger partial charge is 0.370 e. The molecule has 70 valence electrons. The molecule has 3 nitrogen and oxygen atoms in total. The third-order valence-corrected chi connectivity index (χ3v) is 1.93. The zero-order chi connectivity index (χ0) is 9.68. The van der Waals surface area contributed by atoms with Gasteiger partial charge in [-0.2, -0.15) is 0 Å². The van der Waals surface area contributed by atoms with Gasteiger partial charge in [0.15, 0.2) is 0 Å². The minimum Gasteiger partial charge on any atom is -0.370 e. The number of amides is 1. The topological polar surface area (TPSA) is 69.1 Å². The Morgan fingerprint density at radius 2 is 1.92 bits per heavy atom. The highest BCUT2D eigenvalue weighted by Gasteiger charge is 2.05. The molecule has 4 N–H and O–H groups in total. The van der Waals surface area contributed by atoms with Gasteiger partial charge in [-0.3, -0.25) is 4.79 Å². The molecule has 0 saturated carbocycles. The third-order valence-electron chi connectivity index (χ3n) is 1.93. The highest BCUT2D eigenvalue weighted by molar-refractivity contribution is 5.73. The monoisotopic (exact) mass is 178 g/mol. The van der Waals surface area contributed by atoms with Gasteiger partial charge in [0, 0.05) is 12.5 Å². The van der Waals surface area contributed by atoms with Crippen molar-refractivity contribution in [2.24, 2.45) is 11.5 Å². The van der Waals surface area contributed by atoms with Gasteiger partial charge >= 0.3 is 0 Å². The number of carbonyl (C=O) groups is 1. The van der Waals surface area contributed by atoms with Gasteiger partial charge in [0.05, 0.1) is 0 Å². The van der Waals surface area contributed by atoms with Gasteiger partial charge < -0.3 is 11.5 Å². The average molecular weight is 178 g/mol. The maximum atomic E-state index is 10.5. The van der Waals surface area contributed by atoms with Gasteiger partial charge in [-0.1, -0.05) is 30.3 Å². The fraction of sp³-hybridized carbons (Fsp3) is 0.300. The van der Waals surface area contributed by atoms with Crippen molar-refractivity contribution < 1.29 is 4.79 Å². The van der Waals surface area contributed by atoms with E-state index < -0.39 is 0 Å². The lowest BCUT2D eigenvalue weighted by molar-refractivity contribution is -0.118. The van der Waals surface area contributed by atoms with Crippen LogP contribution < -0.4 is 11.5 Å². The molecule has 0 aliphatic rings. The molecule has 1 unspecified atom stereocenters. The molecule has 1 rings (SSSR count). The van der Waals surface area contributed by atoms with Crippen molar-refractivity contribution >= 4 is 5.91 Å². The summed E-state index contributed by atoms with van der Waals surface area (Å²) in [5.41, 5.74) is 11.9. The summed E-state index contributed by atoms with van der Waals surface area (Å²) in [6.45, 7) is 0. The highest BCUT2D eigenvalue weighted by Crippen LogP contribution is 2.14. The van der Waals surface area contributed by atoms with Crippen LogP contribution in [-0.2, 0) is 4.79 Å². The van der Waals surface area contributed by atoms with Crippen molar-refractivity contribution in [2.75, 3.05) is 0 Å². The van der Waals surface area contributed by atoms with E-state index in [0.29, 0.717) is 12.8 Å². The number of primary amides is 1. The number of carbonyl (C=O) groups excluding carboxylic acids is 1. The van der Waals surface area contributed by atoms with E-state index in [1.54, 1.807) is 0 Å². The second-order valence-electron chi connectivity index (χ2n) is 3.02. The molecule has 0 heterocycles. The summed E-state index contributed by atoms with van der Waals surface area (Å²) in [5, 5.41) is 0. The zero-order valence-corrected chi connectivity index (χ0v) is 7.44. The van der Waals surface area contributed by atoms with Crippen LogP contribution >= 0.6 is 0 Å². The van der Waals surface area contributed by atoms with Gasteiger partial charge in [-0.25, -0.2) is 0 Å². The fourth-order valence-electron chi connectivity index (χ4n) is 1.16. The first-order chi connectivity index (χ1) is 6.20. The lowest BCUT2D eigenvalue weighted by Crippen LogP contribution is -2.16. The standard InChI is InChI=1S/C10H14N2O/c11-9(6-7-10(12)13)8-4-2-1-3-5-8/h1-5,9H,6-7,11H2,(H2,12,13). The average Bonchev–Trinajstić information content (AvgIpc) is 2.15. The first kappa shape index (κ1) is 9.74. The Morgan fingerprint density at radius 1 is 1.31 bits per heavy atom. The van der Waals surface area contributed by atoms with Crippen LogP contribution in [0.15, 0.2) is 30.3 Å². The summed E-state index contributed by atoms with van der Waals surface area (Å²) < 4.78 is 0. The lowest BCUT2D eigenvalue weighted by atomic mass is 10.0. The molecular weight excluding hydrogens is 164 g/mol. The van der Waals surface area contributed by atoms with Crippen LogP contribution in [0, 0.1) is 0 Å². The fourth-order valence-corrected chi connectivity index (χ4v) is 1.16. The second-order valence-corrected chi connectivity index (χ2v) is 3.02. The quantitative estimate of drug-likeness (QED) is 0.720. The van der Waals surface area contributed by atoms with Crippen LogP contribution in [0.5, 0.6) is 0 Å². The van der Waals surface area contributed by atoms with Crippen molar-refractivity contribution in [1.82, 2.24) is 0 Å². The van der Waals surface area contributed by atoms with E-state index in [2.05, 4.69) is 0 Å². The van der Waals surface area contributed by atoms with Gasteiger partial charge in [0.2, 0.25) is 5.91 Å². The van der Waals surface area contributed by atoms with Crippen molar-refractivity contribution in [3.63, 3.8) is 0 Å². The molecule has 3 heteroatoms. The first-order valence-electron chi connectivity index (χ1n) is 4.29. The Labute approximate surface area is 77.7 Å². The van der Waals surface area contributed by atoms with Gasteiger partial charge in [0.25, 0.3) is 0 Å². The maximum absolute atomic E-state index is 10.5. The lowest BCUT2D eigenvalue weighted by Gasteiger charge is -2.09. The molecule has 0 radical (unpaired) electrons. The van der Waals surface area contributed by atoms with Crippen molar-refractivity contribution in [3.05, 3.63) is 35.9 Å². The van der Waals surface area contributed by atoms with Crippen LogP contribution in [0.3, 0.4) is 0 Å². The van der Waals surface area contributed by atoms with Crippen LogP contribution in [0.4, 0.5) is 0 Å². The van der Waals surface area contributed by atoms with Gasteiger partial charge in [-0.15, -0.1) is 0 Å². The van der Waals surface area contributed by atoms with E-state index in [1.165, 1.54) is 0 Å². The van der Waals surface area contributed by atoms with Crippen LogP contribution in [-0.4, -0.2) is 5.91 Å². The summed E-state index contributed by atoms with van der Waals surface area (Å²) >= 11 is 0. The summed E-state index contributed by atoms with van der Waals surface area (Å²) in [7, 11) is 0. The first-order valence-corrected chi connectivity index (χ1v) is 4.29. The summed E-state index contributed by atoms with van der Waals surface area (Å²) in [6.07, 6.45) is 0.954. The third kappa shape index (κ3) is 3.25. The van der Waals surface area contributed by atoms with Crippen LogP contribution in [0.2, 0.25) is 0 Å². The molecule has 0 spiro atoms. The number of hydrogen-bond acceptors (Lipinski definition) is 2. The second kappa shape index (κ2) is 4.62. The Bertz CT molecular complexity index is 272. The maximum Gasteiger partial charge on any atom is 0.217 e. The minimum absolute atomic E-state index is 0.0892. The molecule has 0 aliphatic carbocycles. The Kier molecular flexibility index (Phi) is 3.46. The number of benzene rings is 1. The predicted octanol–water partition coefficient (Wildman–Crippen LogP) is 0.952. The molecule has 0 fully saturated rings. The van der Waals surface area contributed by atoms with Crippen molar-refractivity contribution in [3.8, 4) is 0 Å². The van der Waals surface area contributed by atoms with Gasteiger partial charge in [-0.05, 0) is 12.0 Å². The van der Waals surface area contributed by atoms with E-state index in [9.17, 15) is 4.79 Å². The number of hydrogen-bond donors (Lipinski definition) is 2. The summed E-state index contributed by atoms with van der Waals surface area (Å²) in [5.74, 6) is -0.300. The smallest absolute Gasteiger partial charge is 0.217 e. The molecule has 1 aromatic carbocycles. The Morgan fingerprint density at radius 3 is 2.46 bits per heavy atom. The van der Waals surface area contributed by atoms with E-state index >= 15 is 0 Å². The molecule has 13 heavy (non-hydrogen) atoms. The minimum atomic E-state index is -0.300. The molecular formula is C10H14N2O. The molecule has 0 saturated heterocycles. The van der Waals surface area contributed by atoms with E-state index in [1.807, 2.05) is 30.3 Å². The molecule has 1 aromatic rings. The molecule has 1 amide bonds. The molecule has 1 atom stereocenters. The van der Waals surface area contributed by atoms with Crippen molar-refractivity contribution in [2.45, 2.75) is 18.9 Å². The van der Waals surface area contributed by atoms with E-state index in [0.717, 1.165) is 5.56 Å². The molecule has 0 aliphatic heterocycles.